The van der Waals surface area contributed by atoms with Crippen molar-refractivity contribution < 1.29 is 26.2 Å². The molecule has 2 heterocycles. The number of nitrogens with zero attached hydrogens (tertiary/aromatic N) is 3. The number of benzene rings is 5. The second kappa shape index (κ2) is 16.2. The Labute approximate surface area is 373 Å². The summed E-state index contributed by atoms with van der Waals surface area (Å²) in [6.07, 6.45) is 1.91. The Morgan fingerprint density at radius 3 is 1.83 bits per heavy atom. The normalized spacial score (nSPS) is 12.6. The molecule has 4 nitrogen and oxygen atoms in total. The van der Waals surface area contributed by atoms with E-state index >= 15 is 0 Å². The Morgan fingerprint density at radius 2 is 1.22 bits per heavy atom. The molecule has 0 aliphatic carbocycles. The third-order valence-electron chi connectivity index (χ3n) is 11.7. The van der Waals surface area contributed by atoms with Gasteiger partial charge >= 0.3 is 0 Å². The maximum Gasteiger partial charge on any atom is 0.148 e. The molecule has 5 heteroatoms. The summed E-state index contributed by atoms with van der Waals surface area (Å²) < 4.78 is 2.30. The molecule has 0 saturated heterocycles. The van der Waals surface area contributed by atoms with E-state index in [1.54, 1.807) is 0 Å². The van der Waals surface area contributed by atoms with E-state index in [-0.39, 0.29) is 48.5 Å². The molecule has 7 rings (SSSR count). The molecule has 0 aliphatic heterocycles. The molecule has 5 aromatic carbocycles. The van der Waals surface area contributed by atoms with Gasteiger partial charge in [-0.3, -0.25) is 9.55 Å². The first-order valence-corrected chi connectivity index (χ1v) is 21.2. The van der Waals surface area contributed by atoms with E-state index in [1.807, 2.05) is 6.20 Å². The van der Waals surface area contributed by atoms with Gasteiger partial charge in [-0.15, -0.1) is 29.3 Å². The monoisotopic (exact) mass is 975 g/mol. The molecule has 0 bridgehead atoms. The third-order valence-corrected chi connectivity index (χ3v) is 11.7. The van der Waals surface area contributed by atoms with E-state index in [4.69, 9.17) is 9.97 Å². The molecule has 0 fully saturated rings. The van der Waals surface area contributed by atoms with E-state index in [0.29, 0.717) is 17.3 Å². The van der Waals surface area contributed by atoms with Crippen LogP contribution in [-0.4, -0.2) is 19.6 Å². The zero-order valence-corrected chi connectivity index (χ0v) is 40.3. The van der Waals surface area contributed by atoms with Crippen LogP contribution < -0.4 is 0 Å². The average Bonchev–Trinajstić information content (AvgIpc) is 3.56. The quantitative estimate of drug-likeness (QED) is 0.169. The van der Waals surface area contributed by atoms with Crippen molar-refractivity contribution in [1.82, 2.24) is 14.5 Å². The van der Waals surface area contributed by atoms with Crippen molar-refractivity contribution in [2.75, 3.05) is 0 Å². The molecule has 0 radical (unpaired) electrons. The Balaban J connectivity index is 0.00000604. The maximum atomic E-state index is 12.5. The molecule has 314 valence electrons. The van der Waals surface area contributed by atoms with Gasteiger partial charge in [-0.05, 0) is 74.1 Å². The Hall–Kier alpha value is -4.79. The Kier molecular flexibility index (Phi) is 12.1. The summed E-state index contributed by atoms with van der Waals surface area (Å²) in [6.45, 7) is 31.2. The first-order chi connectivity index (χ1) is 27.5. The number of rotatable bonds is 6. The number of fused-ring (bicyclic) bond motifs is 1. The zero-order chi connectivity index (χ0) is 42.8. The molecule has 0 unspecified atom stereocenters. The number of aromatic hydroxyl groups is 1. The van der Waals surface area contributed by atoms with Crippen LogP contribution in [0.25, 0.3) is 61.6 Å². The van der Waals surface area contributed by atoms with Gasteiger partial charge in [-0.1, -0.05) is 175 Å². The zero-order valence-electron chi connectivity index (χ0n) is 38.1. The first kappa shape index (κ1) is 44.8. The fourth-order valence-corrected chi connectivity index (χ4v) is 7.84. The Bertz CT molecular complexity index is 2680. The fraction of sp³-hybridized carbons (Fsp3) is 0.345. The van der Waals surface area contributed by atoms with Gasteiger partial charge in [-0.2, -0.15) is 0 Å². The van der Waals surface area contributed by atoms with Gasteiger partial charge in [0, 0.05) is 44.1 Å². The summed E-state index contributed by atoms with van der Waals surface area (Å²) in [7, 11) is 0. The number of imidazole rings is 1. The minimum absolute atomic E-state index is 0. The van der Waals surface area contributed by atoms with E-state index < -0.39 is 0 Å². The fourth-order valence-electron chi connectivity index (χ4n) is 7.84. The van der Waals surface area contributed by atoms with Gasteiger partial charge in [0.2, 0.25) is 0 Å². The van der Waals surface area contributed by atoms with Crippen LogP contribution >= 0.6 is 0 Å². The van der Waals surface area contributed by atoms with Gasteiger partial charge in [0.25, 0.3) is 0 Å². The van der Waals surface area contributed by atoms with Crippen LogP contribution in [0.4, 0.5) is 0 Å². The summed E-state index contributed by atoms with van der Waals surface area (Å²) >= 11 is 0. The molecule has 0 saturated carbocycles. The SMILES string of the molecule is CC(C)c1ccnc(-c2[c-]c(-c3cccc4c3nc(-c3cc(C(C)(C)C)cc(C(C)(C)C)c3O)n4-c3cc(C(C)(C)C)ccc3-c3ccccc3)cc(C(C)(C)C)c2)c1.[Pt]. The smallest absolute Gasteiger partial charge is 0.148 e. The van der Waals surface area contributed by atoms with Crippen LogP contribution in [0.2, 0.25) is 0 Å². The molecule has 0 aliphatic rings. The summed E-state index contributed by atoms with van der Waals surface area (Å²) in [6, 6.07) is 40.9. The molecule has 0 atom stereocenters. The summed E-state index contributed by atoms with van der Waals surface area (Å²) in [5.41, 5.74) is 14.5. The van der Waals surface area contributed by atoms with E-state index in [0.717, 1.165) is 61.4 Å². The number of phenolic OH excluding ortho intramolecular Hbond substituents is 1. The van der Waals surface area contributed by atoms with Gasteiger partial charge in [0.1, 0.15) is 11.6 Å². The van der Waals surface area contributed by atoms with Crippen molar-refractivity contribution in [3.63, 3.8) is 0 Å². The predicted octanol–water partition coefficient (Wildman–Crippen LogP) is 14.9. The number of para-hydroxylation sites is 1. The van der Waals surface area contributed by atoms with Crippen LogP contribution in [-0.2, 0) is 42.7 Å². The van der Waals surface area contributed by atoms with Crippen LogP contribution in [0.5, 0.6) is 5.75 Å². The molecule has 60 heavy (non-hydrogen) atoms. The molecule has 0 spiro atoms. The van der Waals surface area contributed by atoms with Crippen molar-refractivity contribution in [2.45, 2.75) is 125 Å². The maximum absolute atomic E-state index is 12.5. The number of hydrogen-bond donors (Lipinski definition) is 1. The second-order valence-electron chi connectivity index (χ2n) is 20.8. The van der Waals surface area contributed by atoms with Gasteiger partial charge < -0.3 is 5.11 Å². The van der Waals surface area contributed by atoms with E-state index in [2.05, 4.69) is 211 Å². The van der Waals surface area contributed by atoms with Crippen molar-refractivity contribution >= 4 is 11.0 Å². The van der Waals surface area contributed by atoms with Gasteiger partial charge in [0.05, 0.1) is 22.3 Å². The molecule has 2 aromatic heterocycles. The molecular formula is C55H62N3OPt-. The van der Waals surface area contributed by atoms with Crippen LogP contribution in [0.15, 0.2) is 109 Å². The molecule has 1 N–H and O–H groups in total. The van der Waals surface area contributed by atoms with Crippen molar-refractivity contribution in [2.24, 2.45) is 0 Å². The minimum atomic E-state index is -0.316. The second-order valence-corrected chi connectivity index (χ2v) is 20.8. The van der Waals surface area contributed by atoms with Crippen LogP contribution in [0, 0.1) is 6.07 Å². The molecule has 7 aromatic rings. The topological polar surface area (TPSA) is 50.9 Å². The van der Waals surface area contributed by atoms with E-state index in [9.17, 15) is 5.11 Å². The number of phenols is 1. The largest absolute Gasteiger partial charge is 0.507 e. The standard InChI is InChI=1S/C55H62N3O.Pt/c1-34(2)36-25-26-56-46(30-36)38-27-37(28-40(29-38)53(6,7)8)43-21-18-22-47-49(43)57-51(44-31-41(54(9,10)11)32-45(50(44)59)55(12,13)14)58(47)48-33-39(52(3,4)5)23-24-42(48)35-19-16-15-17-20-35;/h15-26,28-34,59H,1-14H3;/q-1;. The number of aromatic nitrogens is 3. The minimum Gasteiger partial charge on any atom is -0.507 e. The van der Waals surface area contributed by atoms with Crippen molar-refractivity contribution in [1.29, 1.82) is 0 Å². The van der Waals surface area contributed by atoms with Gasteiger partial charge in [0.15, 0.2) is 0 Å². The average molecular weight is 976 g/mol. The predicted molar refractivity (Wildman–Crippen MR) is 250 cm³/mol. The number of pyridine rings is 1. The Morgan fingerprint density at radius 1 is 0.583 bits per heavy atom. The van der Waals surface area contributed by atoms with Gasteiger partial charge in [-0.25, -0.2) is 4.98 Å². The molecule has 0 amide bonds. The summed E-state index contributed by atoms with van der Waals surface area (Å²) in [4.78, 5) is 10.5. The summed E-state index contributed by atoms with van der Waals surface area (Å²) in [5, 5.41) is 12.5. The first-order valence-electron chi connectivity index (χ1n) is 21.2. The van der Waals surface area contributed by atoms with E-state index in [1.165, 1.54) is 16.7 Å². The third kappa shape index (κ3) is 8.82. The van der Waals surface area contributed by atoms with Crippen LogP contribution in [0.3, 0.4) is 0 Å². The van der Waals surface area contributed by atoms with Crippen molar-refractivity contribution in [3.05, 3.63) is 143 Å². The number of hydrogen-bond acceptors (Lipinski definition) is 3. The van der Waals surface area contributed by atoms with Crippen LogP contribution in [0.1, 0.15) is 131 Å². The molecular weight excluding hydrogens is 914 g/mol. The van der Waals surface area contributed by atoms with Crippen molar-refractivity contribution in [3.8, 4) is 56.3 Å². The summed E-state index contributed by atoms with van der Waals surface area (Å²) in [5.74, 6) is 1.34.